The third-order valence-corrected chi connectivity index (χ3v) is 6.97. The van der Waals surface area contributed by atoms with Gasteiger partial charge >= 0.3 is 0 Å². The first-order valence-electron chi connectivity index (χ1n) is 11.2. The van der Waals surface area contributed by atoms with Gasteiger partial charge in [0.2, 0.25) is 5.95 Å². The predicted octanol–water partition coefficient (Wildman–Crippen LogP) is 2.48. The molecule has 0 spiro atoms. The highest BCUT2D eigenvalue weighted by Gasteiger charge is 2.26. The molecule has 0 unspecified atom stereocenters. The lowest BCUT2D eigenvalue weighted by molar-refractivity contribution is 0.0664. The lowest BCUT2D eigenvalue weighted by Crippen LogP contribution is -2.47. The Bertz CT molecular complexity index is 975. The first kappa shape index (κ1) is 22.9. The van der Waals surface area contributed by atoms with Crippen molar-refractivity contribution in [1.82, 2.24) is 25.1 Å². The zero-order valence-corrected chi connectivity index (χ0v) is 20.6. The molecule has 2 fully saturated rings. The molecule has 2 aromatic rings. The minimum atomic E-state index is 0.0667. The van der Waals surface area contributed by atoms with Gasteiger partial charge in [-0.25, -0.2) is 4.98 Å². The second-order valence-electron chi connectivity index (χ2n) is 8.95. The van der Waals surface area contributed by atoms with Crippen LogP contribution >= 0.6 is 15.9 Å². The molecule has 2 aliphatic rings. The Morgan fingerprint density at radius 1 is 1.16 bits per heavy atom. The number of carbonyl (C=O) groups excluding carboxylic acids is 1. The van der Waals surface area contributed by atoms with Gasteiger partial charge in [-0.15, -0.1) is 0 Å². The van der Waals surface area contributed by atoms with E-state index in [1.807, 2.05) is 29.2 Å². The van der Waals surface area contributed by atoms with E-state index in [0.29, 0.717) is 5.95 Å². The molecule has 1 atom stereocenters. The van der Waals surface area contributed by atoms with Crippen LogP contribution in [0, 0.1) is 0 Å². The Morgan fingerprint density at radius 2 is 1.91 bits per heavy atom. The molecule has 9 heteroatoms. The number of nitrogens with zero attached hydrogens (tertiary/aromatic N) is 5. The summed E-state index contributed by atoms with van der Waals surface area (Å²) in [7, 11) is 2.09. The molecule has 1 aromatic carbocycles. The topological polar surface area (TPSA) is 90.6 Å². The fraction of sp³-hybridized carbons (Fsp3) is 0.522. The van der Waals surface area contributed by atoms with Crippen molar-refractivity contribution >= 4 is 33.6 Å². The Morgan fingerprint density at radius 3 is 2.62 bits per heavy atom. The fourth-order valence-electron chi connectivity index (χ4n) is 4.23. The van der Waals surface area contributed by atoms with E-state index >= 15 is 0 Å². The van der Waals surface area contributed by atoms with Crippen molar-refractivity contribution in [2.45, 2.75) is 25.8 Å². The molecule has 8 nitrogen and oxygen atoms in total. The summed E-state index contributed by atoms with van der Waals surface area (Å²) in [6.45, 7) is 9.95. The second-order valence-corrected chi connectivity index (χ2v) is 9.80. The first-order valence-corrected chi connectivity index (χ1v) is 12.0. The number of likely N-dealkylation sites (N-methyl/N-ethyl adjacent to an activating group) is 1. The van der Waals surface area contributed by atoms with Crippen molar-refractivity contribution in [3.05, 3.63) is 45.6 Å². The number of hydrogen-bond donors (Lipinski definition) is 2. The van der Waals surface area contributed by atoms with E-state index in [1.165, 1.54) is 0 Å². The van der Waals surface area contributed by atoms with Crippen molar-refractivity contribution in [2.75, 3.05) is 63.5 Å². The van der Waals surface area contributed by atoms with Crippen molar-refractivity contribution < 1.29 is 4.79 Å². The summed E-state index contributed by atoms with van der Waals surface area (Å²) in [6.07, 6.45) is 0. The Balaban J connectivity index is 1.55. The molecule has 3 heterocycles. The molecule has 1 aromatic heterocycles. The van der Waals surface area contributed by atoms with Crippen molar-refractivity contribution in [1.29, 1.82) is 0 Å². The predicted molar refractivity (Wildman–Crippen MR) is 131 cm³/mol. The summed E-state index contributed by atoms with van der Waals surface area (Å²) in [6, 6.07) is 8.02. The Kier molecular flexibility index (Phi) is 6.97. The molecule has 1 amide bonds. The number of amides is 1. The Labute approximate surface area is 198 Å². The van der Waals surface area contributed by atoms with Crippen LogP contribution in [0.3, 0.4) is 0 Å². The van der Waals surface area contributed by atoms with Crippen LogP contribution in [0.25, 0.3) is 0 Å². The SMILES string of the molecule is CC(C)c1cc(N2CCN[C@H](c3cc(C(=O)N4CCN(C)CC4)ccc3Br)C2)nc(N)n1. The van der Waals surface area contributed by atoms with Gasteiger partial charge in [0.1, 0.15) is 5.82 Å². The van der Waals surface area contributed by atoms with E-state index in [-0.39, 0.29) is 17.9 Å². The minimum Gasteiger partial charge on any atom is -0.368 e. The summed E-state index contributed by atoms with van der Waals surface area (Å²) in [5, 5.41) is 3.60. The van der Waals surface area contributed by atoms with Gasteiger partial charge in [-0.2, -0.15) is 4.98 Å². The number of anilines is 2. The summed E-state index contributed by atoms with van der Waals surface area (Å²) in [5.41, 5.74) is 8.76. The smallest absolute Gasteiger partial charge is 0.253 e. The largest absolute Gasteiger partial charge is 0.368 e. The van der Waals surface area contributed by atoms with E-state index in [4.69, 9.17) is 5.73 Å². The maximum atomic E-state index is 13.1. The van der Waals surface area contributed by atoms with E-state index in [9.17, 15) is 4.79 Å². The quantitative estimate of drug-likeness (QED) is 0.664. The molecule has 2 saturated heterocycles. The van der Waals surface area contributed by atoms with Crippen molar-refractivity contribution in [3.63, 3.8) is 0 Å². The molecule has 0 radical (unpaired) electrons. The Hall–Kier alpha value is -2.23. The second kappa shape index (κ2) is 9.72. The number of rotatable bonds is 4. The molecule has 172 valence electrons. The number of piperazine rings is 2. The number of nitrogens with one attached hydrogen (secondary N) is 1. The number of carbonyl (C=O) groups is 1. The van der Waals surface area contributed by atoms with Crippen LogP contribution in [0.4, 0.5) is 11.8 Å². The highest BCUT2D eigenvalue weighted by atomic mass is 79.9. The highest BCUT2D eigenvalue weighted by Crippen LogP contribution is 2.29. The monoisotopic (exact) mass is 501 g/mol. The molecular weight excluding hydrogens is 470 g/mol. The number of aromatic nitrogens is 2. The number of hydrogen-bond acceptors (Lipinski definition) is 7. The lowest BCUT2D eigenvalue weighted by Gasteiger charge is -2.36. The maximum absolute atomic E-state index is 13.1. The van der Waals surface area contributed by atoms with Crippen LogP contribution in [0.1, 0.15) is 47.4 Å². The van der Waals surface area contributed by atoms with Gasteiger partial charge < -0.3 is 25.8 Å². The van der Waals surface area contributed by atoms with Gasteiger partial charge in [0.05, 0.1) is 11.7 Å². The summed E-state index contributed by atoms with van der Waals surface area (Å²) < 4.78 is 0.997. The molecule has 0 aliphatic carbocycles. The third-order valence-electron chi connectivity index (χ3n) is 6.25. The minimum absolute atomic E-state index is 0.0667. The molecule has 0 bridgehead atoms. The van der Waals surface area contributed by atoms with Crippen molar-refractivity contribution in [3.8, 4) is 0 Å². The van der Waals surface area contributed by atoms with Crippen molar-refractivity contribution in [2.24, 2.45) is 0 Å². The van der Waals surface area contributed by atoms with E-state index < -0.39 is 0 Å². The van der Waals surface area contributed by atoms with E-state index in [1.54, 1.807) is 0 Å². The van der Waals surface area contributed by atoms with Gasteiger partial charge in [-0.3, -0.25) is 4.79 Å². The number of nitrogen functional groups attached to an aromatic ring is 1. The number of benzene rings is 1. The molecule has 0 saturated carbocycles. The zero-order valence-electron chi connectivity index (χ0n) is 19.0. The zero-order chi connectivity index (χ0) is 22.8. The highest BCUT2D eigenvalue weighted by molar-refractivity contribution is 9.10. The van der Waals surface area contributed by atoms with Crippen LogP contribution in [-0.4, -0.2) is 78.5 Å². The fourth-order valence-corrected chi connectivity index (χ4v) is 4.75. The van der Waals surface area contributed by atoms with E-state index in [0.717, 1.165) is 72.9 Å². The average Bonchev–Trinajstić information content (AvgIpc) is 2.79. The summed E-state index contributed by atoms with van der Waals surface area (Å²) in [5.74, 6) is 1.55. The maximum Gasteiger partial charge on any atom is 0.253 e. The van der Waals surface area contributed by atoms with Crippen LogP contribution < -0.4 is 16.0 Å². The molecular formula is C23H32BrN7O. The van der Waals surface area contributed by atoms with Crippen LogP contribution in [-0.2, 0) is 0 Å². The number of halogens is 1. The normalized spacial score (nSPS) is 20.1. The van der Waals surface area contributed by atoms with Gasteiger partial charge in [0.15, 0.2) is 0 Å². The average molecular weight is 502 g/mol. The molecule has 32 heavy (non-hydrogen) atoms. The molecule has 4 rings (SSSR count). The van der Waals surface area contributed by atoms with Crippen LogP contribution in [0.5, 0.6) is 0 Å². The standard InChI is InChI=1S/C23H32BrN7O/c1-15(2)19-13-21(28-23(25)27-19)31-7-6-26-20(14-31)17-12-16(4-5-18(17)24)22(32)30-10-8-29(3)9-11-30/h4-5,12-13,15,20,26H,6-11,14H2,1-3H3,(H2,25,27,28)/t20-/m0/s1. The lowest BCUT2D eigenvalue weighted by atomic mass is 10.0. The molecule has 2 aliphatic heterocycles. The third kappa shape index (κ3) is 5.05. The molecule has 3 N–H and O–H groups in total. The number of nitrogens with two attached hydrogens (primary N) is 1. The van der Waals surface area contributed by atoms with Crippen LogP contribution in [0.15, 0.2) is 28.7 Å². The van der Waals surface area contributed by atoms with Gasteiger partial charge in [0.25, 0.3) is 5.91 Å². The summed E-state index contributed by atoms with van der Waals surface area (Å²) in [4.78, 5) is 28.4. The van der Waals surface area contributed by atoms with Gasteiger partial charge in [-0.1, -0.05) is 29.8 Å². The van der Waals surface area contributed by atoms with E-state index in [2.05, 4.69) is 61.9 Å². The van der Waals surface area contributed by atoms with Crippen LogP contribution in [0.2, 0.25) is 0 Å². The van der Waals surface area contributed by atoms with Gasteiger partial charge in [-0.05, 0) is 36.7 Å². The first-order chi connectivity index (χ1) is 15.3. The van der Waals surface area contributed by atoms with Gasteiger partial charge in [0, 0.05) is 61.9 Å². The summed E-state index contributed by atoms with van der Waals surface area (Å²) >= 11 is 3.70.